The molecule has 0 aromatic heterocycles. The van der Waals surface area contributed by atoms with Crippen LogP contribution in [0.3, 0.4) is 0 Å². The van der Waals surface area contributed by atoms with E-state index >= 15 is 0 Å². The molecule has 0 bridgehead atoms. The number of nitriles is 1. The van der Waals surface area contributed by atoms with Crippen LogP contribution >= 0.6 is 0 Å². The summed E-state index contributed by atoms with van der Waals surface area (Å²) in [6.07, 6.45) is 1.28. The van der Waals surface area contributed by atoms with Gasteiger partial charge in [-0.05, 0) is 36.6 Å². The van der Waals surface area contributed by atoms with Gasteiger partial charge in [-0.1, -0.05) is 13.0 Å². The van der Waals surface area contributed by atoms with Gasteiger partial charge in [0, 0.05) is 13.1 Å². The Labute approximate surface area is 103 Å². The molecule has 3 heteroatoms. The third-order valence-corrected chi connectivity index (χ3v) is 3.30. The van der Waals surface area contributed by atoms with Gasteiger partial charge >= 0.3 is 0 Å². The Balaban J connectivity index is 2.09. The fourth-order valence-electron chi connectivity index (χ4n) is 2.37. The molecule has 1 aromatic rings. The molecule has 17 heavy (non-hydrogen) atoms. The molecule has 0 N–H and O–H groups in total. The van der Waals surface area contributed by atoms with Crippen molar-refractivity contribution in [2.45, 2.75) is 19.9 Å². The summed E-state index contributed by atoms with van der Waals surface area (Å²) in [4.78, 5) is 2.44. The third-order valence-electron chi connectivity index (χ3n) is 3.30. The summed E-state index contributed by atoms with van der Waals surface area (Å²) in [5.74, 6) is 1.45. The van der Waals surface area contributed by atoms with Crippen LogP contribution in [0, 0.1) is 17.2 Å². The second-order valence-corrected chi connectivity index (χ2v) is 4.78. The van der Waals surface area contributed by atoms with Crippen molar-refractivity contribution in [3.63, 3.8) is 0 Å². The lowest BCUT2D eigenvalue weighted by molar-refractivity contribution is 0.320. The van der Waals surface area contributed by atoms with Crippen LogP contribution in [0.5, 0.6) is 5.75 Å². The molecule has 1 saturated heterocycles. The van der Waals surface area contributed by atoms with Crippen molar-refractivity contribution >= 4 is 0 Å². The maximum atomic E-state index is 9.03. The summed E-state index contributed by atoms with van der Waals surface area (Å²) < 4.78 is 5.14. The fourth-order valence-corrected chi connectivity index (χ4v) is 2.37. The van der Waals surface area contributed by atoms with Gasteiger partial charge in [0.2, 0.25) is 0 Å². The van der Waals surface area contributed by atoms with E-state index < -0.39 is 0 Å². The van der Waals surface area contributed by atoms with E-state index in [0.29, 0.717) is 11.3 Å². The first-order valence-electron chi connectivity index (χ1n) is 6.02. The van der Waals surface area contributed by atoms with Gasteiger partial charge in [-0.3, -0.25) is 4.90 Å². The van der Waals surface area contributed by atoms with Crippen molar-refractivity contribution < 1.29 is 4.74 Å². The first-order valence-corrected chi connectivity index (χ1v) is 6.02. The van der Waals surface area contributed by atoms with Gasteiger partial charge in [0.15, 0.2) is 0 Å². The zero-order valence-electron chi connectivity index (χ0n) is 10.4. The number of likely N-dealkylation sites (tertiary alicyclic amines) is 1. The van der Waals surface area contributed by atoms with Gasteiger partial charge in [-0.15, -0.1) is 0 Å². The molecule has 1 atom stereocenters. The molecule has 0 aliphatic carbocycles. The number of rotatable bonds is 3. The van der Waals surface area contributed by atoms with Crippen LogP contribution in [0.25, 0.3) is 0 Å². The van der Waals surface area contributed by atoms with Crippen molar-refractivity contribution in [2.75, 3.05) is 20.2 Å². The van der Waals surface area contributed by atoms with Gasteiger partial charge in [0.1, 0.15) is 11.8 Å². The molecule has 90 valence electrons. The molecular weight excluding hydrogens is 212 g/mol. The Morgan fingerprint density at radius 1 is 1.53 bits per heavy atom. The highest BCUT2D eigenvalue weighted by atomic mass is 16.5. The Morgan fingerprint density at radius 2 is 2.35 bits per heavy atom. The van der Waals surface area contributed by atoms with Crippen LogP contribution in [0.4, 0.5) is 0 Å². The van der Waals surface area contributed by atoms with Crippen LogP contribution in [-0.4, -0.2) is 25.1 Å². The number of hydrogen-bond acceptors (Lipinski definition) is 3. The van der Waals surface area contributed by atoms with Crippen molar-refractivity contribution in [3.8, 4) is 11.8 Å². The zero-order chi connectivity index (χ0) is 12.3. The molecule has 3 nitrogen and oxygen atoms in total. The minimum absolute atomic E-state index is 0.622. The minimum atomic E-state index is 0.622. The van der Waals surface area contributed by atoms with E-state index in [-0.39, 0.29) is 0 Å². The standard InChI is InChI=1S/C14H18N2O/c1-11-5-6-16(9-11)10-12-3-4-14(17-2)13(7-12)8-15/h3-4,7,11H,5-6,9-10H2,1-2H3. The molecule has 1 heterocycles. The highest BCUT2D eigenvalue weighted by Crippen LogP contribution is 2.22. The highest BCUT2D eigenvalue weighted by Gasteiger charge is 2.18. The van der Waals surface area contributed by atoms with Crippen molar-refractivity contribution in [3.05, 3.63) is 29.3 Å². The number of methoxy groups -OCH3 is 1. The molecule has 1 unspecified atom stereocenters. The van der Waals surface area contributed by atoms with E-state index in [2.05, 4.69) is 17.9 Å². The molecule has 1 aromatic carbocycles. The highest BCUT2D eigenvalue weighted by molar-refractivity contribution is 5.45. The number of ether oxygens (including phenoxy) is 1. The van der Waals surface area contributed by atoms with E-state index in [1.165, 1.54) is 12.0 Å². The van der Waals surface area contributed by atoms with E-state index in [1.54, 1.807) is 7.11 Å². The first kappa shape index (κ1) is 11.9. The fraction of sp³-hybridized carbons (Fsp3) is 0.500. The molecule has 0 radical (unpaired) electrons. The predicted molar refractivity (Wildman–Crippen MR) is 66.8 cm³/mol. The zero-order valence-corrected chi connectivity index (χ0v) is 10.4. The van der Waals surface area contributed by atoms with Crippen molar-refractivity contribution in [1.82, 2.24) is 4.90 Å². The largest absolute Gasteiger partial charge is 0.495 e. The van der Waals surface area contributed by atoms with Crippen molar-refractivity contribution in [1.29, 1.82) is 5.26 Å². The normalized spacial score (nSPS) is 20.2. The van der Waals surface area contributed by atoms with Gasteiger partial charge < -0.3 is 4.74 Å². The second-order valence-electron chi connectivity index (χ2n) is 4.78. The molecule has 2 rings (SSSR count). The van der Waals surface area contributed by atoms with Gasteiger partial charge in [0.25, 0.3) is 0 Å². The van der Waals surface area contributed by atoms with Gasteiger partial charge in [-0.25, -0.2) is 0 Å². The average molecular weight is 230 g/mol. The molecule has 0 amide bonds. The lowest BCUT2D eigenvalue weighted by Gasteiger charge is -2.15. The smallest absolute Gasteiger partial charge is 0.136 e. The Bertz CT molecular complexity index is 436. The SMILES string of the molecule is COc1ccc(CN2CCC(C)C2)cc1C#N. The lowest BCUT2D eigenvalue weighted by atomic mass is 10.1. The monoisotopic (exact) mass is 230 g/mol. The van der Waals surface area contributed by atoms with E-state index in [9.17, 15) is 0 Å². The summed E-state index contributed by atoms with van der Waals surface area (Å²) in [5, 5.41) is 9.03. The summed E-state index contributed by atoms with van der Waals surface area (Å²) in [7, 11) is 1.60. The number of nitrogens with zero attached hydrogens (tertiary/aromatic N) is 2. The predicted octanol–water partition coefficient (Wildman–Crippen LogP) is 2.41. The van der Waals surface area contributed by atoms with Crippen LogP contribution in [-0.2, 0) is 6.54 Å². The summed E-state index contributed by atoms with van der Waals surface area (Å²) in [6.45, 7) is 5.54. The van der Waals surface area contributed by atoms with E-state index in [1.807, 2.05) is 18.2 Å². The average Bonchev–Trinajstić information content (AvgIpc) is 2.74. The van der Waals surface area contributed by atoms with Crippen LogP contribution in [0.1, 0.15) is 24.5 Å². The van der Waals surface area contributed by atoms with E-state index in [0.717, 1.165) is 25.6 Å². The van der Waals surface area contributed by atoms with Crippen LogP contribution in [0.2, 0.25) is 0 Å². The summed E-state index contributed by atoms with van der Waals surface area (Å²) in [6, 6.07) is 8.04. The molecule has 0 saturated carbocycles. The van der Waals surface area contributed by atoms with Crippen LogP contribution < -0.4 is 4.74 Å². The molecule has 0 spiro atoms. The van der Waals surface area contributed by atoms with Gasteiger partial charge in [0.05, 0.1) is 12.7 Å². The quantitative estimate of drug-likeness (QED) is 0.800. The summed E-state index contributed by atoms with van der Waals surface area (Å²) >= 11 is 0. The number of hydrogen-bond donors (Lipinski definition) is 0. The maximum absolute atomic E-state index is 9.03. The third kappa shape index (κ3) is 2.78. The molecular formula is C14H18N2O. The van der Waals surface area contributed by atoms with Crippen molar-refractivity contribution in [2.24, 2.45) is 5.92 Å². The Hall–Kier alpha value is -1.53. The Kier molecular flexibility index (Phi) is 3.65. The first-order chi connectivity index (χ1) is 8.22. The van der Waals surface area contributed by atoms with E-state index in [4.69, 9.17) is 10.00 Å². The molecule has 1 aliphatic heterocycles. The topological polar surface area (TPSA) is 36.3 Å². The van der Waals surface area contributed by atoms with Gasteiger partial charge in [-0.2, -0.15) is 5.26 Å². The molecule has 1 aliphatic rings. The molecule has 1 fully saturated rings. The maximum Gasteiger partial charge on any atom is 0.136 e. The summed E-state index contributed by atoms with van der Waals surface area (Å²) in [5.41, 5.74) is 1.81. The second kappa shape index (κ2) is 5.20. The minimum Gasteiger partial charge on any atom is -0.495 e. The Morgan fingerprint density at radius 3 is 2.94 bits per heavy atom. The number of benzene rings is 1. The van der Waals surface area contributed by atoms with Crippen LogP contribution in [0.15, 0.2) is 18.2 Å². The lowest BCUT2D eigenvalue weighted by Crippen LogP contribution is -2.19.